The van der Waals surface area contributed by atoms with Gasteiger partial charge in [0.25, 0.3) is 0 Å². The van der Waals surface area contributed by atoms with Crippen LogP contribution in [0.5, 0.6) is 0 Å². The number of carbonyl (C=O) groups is 1. The molecule has 0 aliphatic carbocycles. The van der Waals surface area contributed by atoms with E-state index in [9.17, 15) is 4.79 Å². The molecule has 0 radical (unpaired) electrons. The molecule has 2 aliphatic heterocycles. The highest BCUT2D eigenvalue weighted by Gasteiger charge is 2.42. The molecule has 0 bridgehead atoms. The third-order valence-electron chi connectivity index (χ3n) is 6.41. The highest BCUT2D eigenvalue weighted by Crippen LogP contribution is 2.40. The fourth-order valence-corrected chi connectivity index (χ4v) is 4.93. The van der Waals surface area contributed by atoms with Gasteiger partial charge in [0, 0.05) is 55.8 Å². The van der Waals surface area contributed by atoms with Gasteiger partial charge >= 0.3 is 0 Å². The number of fused-ring (bicyclic) bond motifs is 1. The monoisotopic (exact) mass is 386 g/mol. The Morgan fingerprint density at radius 2 is 1.93 bits per heavy atom. The maximum absolute atomic E-state index is 12.6. The molecule has 1 atom stereocenters. The molecule has 2 aromatic heterocycles. The zero-order valence-corrected chi connectivity index (χ0v) is 16.6. The molecule has 4 heterocycles. The number of carbonyl (C=O) groups excluding carboxylic acids is 1. The van der Waals surface area contributed by atoms with Crippen molar-refractivity contribution in [3.63, 3.8) is 0 Å². The number of benzene rings is 1. The summed E-state index contributed by atoms with van der Waals surface area (Å²) in [5, 5.41) is 1.17. The summed E-state index contributed by atoms with van der Waals surface area (Å²) in [7, 11) is 0. The van der Waals surface area contributed by atoms with E-state index in [2.05, 4.69) is 40.2 Å². The van der Waals surface area contributed by atoms with Gasteiger partial charge in [-0.1, -0.05) is 24.3 Å². The molecule has 2 aliphatic rings. The summed E-state index contributed by atoms with van der Waals surface area (Å²) in [5.74, 6) is 1.32. The van der Waals surface area contributed by atoms with Crippen molar-refractivity contribution in [3.8, 4) is 0 Å². The molecule has 5 heteroatoms. The molecule has 0 unspecified atom stereocenters. The average Bonchev–Trinajstić information content (AvgIpc) is 2.77. The van der Waals surface area contributed by atoms with Gasteiger partial charge < -0.3 is 9.80 Å². The first-order valence-electron chi connectivity index (χ1n) is 10.5. The van der Waals surface area contributed by atoms with Gasteiger partial charge in [-0.2, -0.15) is 0 Å². The number of rotatable bonds is 3. The van der Waals surface area contributed by atoms with Crippen molar-refractivity contribution in [2.45, 2.75) is 32.2 Å². The molecule has 1 spiro atoms. The standard InChI is InChI=1S/C24H26N4O/c29-23-10-12-24(18-28(23)16-19-5-3-13-25-15-19)11-4-14-27(17-24)22-9-8-20-6-1-2-7-21(20)26-22/h1-3,5-9,13,15H,4,10-12,14,16-18H2/t24-/m0/s1. The van der Waals surface area contributed by atoms with E-state index in [0.717, 1.165) is 49.4 Å². The largest absolute Gasteiger partial charge is 0.356 e. The van der Waals surface area contributed by atoms with Gasteiger partial charge in [-0.3, -0.25) is 9.78 Å². The second-order valence-electron chi connectivity index (χ2n) is 8.50. The Morgan fingerprint density at radius 1 is 1.00 bits per heavy atom. The van der Waals surface area contributed by atoms with Crippen LogP contribution in [0.4, 0.5) is 5.82 Å². The third kappa shape index (κ3) is 3.69. The van der Waals surface area contributed by atoms with Crippen molar-refractivity contribution >= 4 is 22.6 Å². The van der Waals surface area contributed by atoms with Crippen molar-refractivity contribution in [1.29, 1.82) is 0 Å². The third-order valence-corrected chi connectivity index (χ3v) is 6.41. The molecule has 1 aromatic carbocycles. The number of pyridine rings is 2. The van der Waals surface area contributed by atoms with Crippen LogP contribution in [-0.2, 0) is 11.3 Å². The molecule has 5 rings (SSSR count). The number of para-hydroxylation sites is 1. The quantitative estimate of drug-likeness (QED) is 0.682. The fourth-order valence-electron chi connectivity index (χ4n) is 4.93. The highest BCUT2D eigenvalue weighted by atomic mass is 16.2. The van der Waals surface area contributed by atoms with Gasteiger partial charge in [-0.25, -0.2) is 4.98 Å². The molecule has 29 heavy (non-hydrogen) atoms. The number of likely N-dealkylation sites (tertiary alicyclic amines) is 1. The SMILES string of the molecule is O=C1CC[C@]2(CCCN(c3ccc4ccccc4n3)C2)CN1Cc1cccnc1. The summed E-state index contributed by atoms with van der Waals surface area (Å²) in [5.41, 5.74) is 2.30. The van der Waals surface area contributed by atoms with Crippen molar-refractivity contribution < 1.29 is 4.79 Å². The molecule has 2 saturated heterocycles. The van der Waals surface area contributed by atoms with Crippen LogP contribution in [0.3, 0.4) is 0 Å². The van der Waals surface area contributed by atoms with Gasteiger partial charge in [0.05, 0.1) is 5.52 Å². The summed E-state index contributed by atoms with van der Waals surface area (Å²) < 4.78 is 0. The highest BCUT2D eigenvalue weighted by molar-refractivity contribution is 5.80. The second kappa shape index (κ2) is 7.47. The summed E-state index contributed by atoms with van der Waals surface area (Å²) in [6, 6.07) is 16.6. The minimum absolute atomic E-state index is 0.154. The van der Waals surface area contributed by atoms with Gasteiger partial charge in [-0.15, -0.1) is 0 Å². The maximum atomic E-state index is 12.6. The van der Waals surface area contributed by atoms with Crippen molar-refractivity contribution in [1.82, 2.24) is 14.9 Å². The average molecular weight is 386 g/mol. The molecule has 0 saturated carbocycles. The molecule has 3 aromatic rings. The Morgan fingerprint density at radius 3 is 2.83 bits per heavy atom. The van der Waals surface area contributed by atoms with Crippen LogP contribution in [0.25, 0.3) is 10.9 Å². The number of anilines is 1. The molecular formula is C24H26N4O. The fraction of sp³-hybridized carbons (Fsp3) is 0.375. The van der Waals surface area contributed by atoms with Gasteiger partial charge in [0.1, 0.15) is 5.82 Å². The Hall–Kier alpha value is -2.95. The molecule has 1 amide bonds. The minimum atomic E-state index is 0.154. The van der Waals surface area contributed by atoms with E-state index in [1.54, 1.807) is 6.20 Å². The van der Waals surface area contributed by atoms with E-state index in [0.29, 0.717) is 13.0 Å². The van der Waals surface area contributed by atoms with E-state index in [1.807, 2.05) is 29.3 Å². The van der Waals surface area contributed by atoms with E-state index >= 15 is 0 Å². The Bertz CT molecular complexity index is 1020. The lowest BCUT2D eigenvalue weighted by atomic mass is 9.73. The molecular weight excluding hydrogens is 360 g/mol. The van der Waals surface area contributed by atoms with Crippen LogP contribution in [0.15, 0.2) is 60.9 Å². The summed E-state index contributed by atoms with van der Waals surface area (Å²) >= 11 is 0. The number of nitrogens with zero attached hydrogens (tertiary/aromatic N) is 4. The first-order valence-corrected chi connectivity index (χ1v) is 10.5. The lowest BCUT2D eigenvalue weighted by molar-refractivity contribution is -0.138. The number of hydrogen-bond acceptors (Lipinski definition) is 4. The van der Waals surface area contributed by atoms with Crippen LogP contribution in [-0.4, -0.2) is 40.4 Å². The first-order chi connectivity index (χ1) is 14.2. The Balaban J connectivity index is 1.36. The van der Waals surface area contributed by atoms with Crippen LogP contribution >= 0.6 is 0 Å². The lowest BCUT2D eigenvalue weighted by Gasteiger charge is -2.48. The van der Waals surface area contributed by atoms with Crippen LogP contribution < -0.4 is 4.90 Å². The minimum Gasteiger partial charge on any atom is -0.356 e. The first kappa shape index (κ1) is 18.1. The normalized spacial score (nSPS) is 22.4. The van der Waals surface area contributed by atoms with Crippen LogP contribution in [0.1, 0.15) is 31.2 Å². The second-order valence-corrected chi connectivity index (χ2v) is 8.50. The number of hydrogen-bond donors (Lipinski definition) is 0. The Kier molecular flexibility index (Phi) is 4.66. The topological polar surface area (TPSA) is 49.3 Å². The van der Waals surface area contributed by atoms with Crippen molar-refractivity contribution in [2.75, 3.05) is 24.5 Å². The smallest absolute Gasteiger partial charge is 0.222 e. The lowest BCUT2D eigenvalue weighted by Crippen LogP contribution is -2.54. The predicted octanol–water partition coefficient (Wildman–Crippen LogP) is 4.04. The number of aromatic nitrogens is 2. The van der Waals surface area contributed by atoms with Crippen LogP contribution in [0.2, 0.25) is 0 Å². The number of piperidine rings is 2. The van der Waals surface area contributed by atoms with Gasteiger partial charge in [0.2, 0.25) is 5.91 Å². The summed E-state index contributed by atoms with van der Waals surface area (Å²) in [4.78, 5) is 26.2. The van der Waals surface area contributed by atoms with E-state index in [4.69, 9.17) is 4.98 Å². The molecule has 0 N–H and O–H groups in total. The van der Waals surface area contributed by atoms with Crippen molar-refractivity contribution in [2.24, 2.45) is 5.41 Å². The van der Waals surface area contributed by atoms with E-state index in [1.165, 1.54) is 11.8 Å². The summed E-state index contributed by atoms with van der Waals surface area (Å²) in [6.07, 6.45) is 7.56. The maximum Gasteiger partial charge on any atom is 0.222 e. The molecule has 148 valence electrons. The molecule has 2 fully saturated rings. The molecule has 5 nitrogen and oxygen atoms in total. The van der Waals surface area contributed by atoms with Gasteiger partial charge in [0.15, 0.2) is 0 Å². The van der Waals surface area contributed by atoms with E-state index < -0.39 is 0 Å². The van der Waals surface area contributed by atoms with Gasteiger partial charge in [-0.05, 0) is 49.1 Å². The summed E-state index contributed by atoms with van der Waals surface area (Å²) in [6.45, 7) is 3.48. The number of amides is 1. The van der Waals surface area contributed by atoms with E-state index in [-0.39, 0.29) is 11.3 Å². The zero-order chi connectivity index (χ0) is 19.7. The van der Waals surface area contributed by atoms with Crippen LogP contribution in [0, 0.1) is 5.41 Å². The zero-order valence-electron chi connectivity index (χ0n) is 16.6. The van der Waals surface area contributed by atoms with Crippen molar-refractivity contribution in [3.05, 3.63) is 66.5 Å². The Labute approximate surface area is 171 Å². The predicted molar refractivity (Wildman–Crippen MR) is 115 cm³/mol.